The van der Waals surface area contributed by atoms with Crippen molar-refractivity contribution in [2.75, 3.05) is 38.5 Å². The lowest BCUT2D eigenvalue weighted by Crippen LogP contribution is -2.63. The highest BCUT2D eigenvalue weighted by Crippen LogP contribution is 2.42. The van der Waals surface area contributed by atoms with Gasteiger partial charge in [0.25, 0.3) is 5.91 Å². The minimum absolute atomic E-state index is 0. The van der Waals surface area contributed by atoms with Crippen molar-refractivity contribution in [1.82, 2.24) is 14.5 Å². The lowest BCUT2D eigenvalue weighted by Gasteiger charge is -2.50. The summed E-state index contributed by atoms with van der Waals surface area (Å²) in [6.07, 6.45) is -0.0968. The highest BCUT2D eigenvalue weighted by Gasteiger charge is 2.47. The topological polar surface area (TPSA) is 69.7 Å². The number of nitrogens with zero attached hydrogens (tertiary/aromatic N) is 2. The van der Waals surface area contributed by atoms with Crippen molar-refractivity contribution in [2.45, 2.75) is 44.1 Å². The Morgan fingerprint density at radius 1 is 1.09 bits per heavy atom. The van der Waals surface area contributed by atoms with Gasteiger partial charge in [-0.15, -0.1) is 12.4 Å². The van der Waals surface area contributed by atoms with Crippen LogP contribution in [0.25, 0.3) is 0 Å². The van der Waals surface area contributed by atoms with Crippen molar-refractivity contribution in [1.29, 1.82) is 0 Å². The zero-order valence-corrected chi connectivity index (χ0v) is 20.9. The molecule has 182 valence electrons. The Kier molecular flexibility index (Phi) is 9.20. The molecule has 3 rings (SSSR count). The van der Waals surface area contributed by atoms with Gasteiger partial charge in [-0.1, -0.05) is 23.2 Å². The molecule has 0 atom stereocenters. The second-order valence-electron chi connectivity index (χ2n) is 8.17. The van der Waals surface area contributed by atoms with Crippen LogP contribution in [-0.4, -0.2) is 73.5 Å². The van der Waals surface area contributed by atoms with Crippen LogP contribution in [0.2, 0.25) is 10.0 Å². The van der Waals surface area contributed by atoms with E-state index in [0.29, 0.717) is 31.2 Å². The smallest absolute Gasteiger partial charge is 0.252 e. The summed E-state index contributed by atoms with van der Waals surface area (Å²) in [5.74, 6) is -3.09. The van der Waals surface area contributed by atoms with Gasteiger partial charge in [-0.05, 0) is 38.0 Å². The van der Waals surface area contributed by atoms with Gasteiger partial charge >= 0.3 is 0 Å². The van der Waals surface area contributed by atoms with Gasteiger partial charge in [0.1, 0.15) is 0 Å². The number of piperazine rings is 1. The molecule has 1 aliphatic carbocycles. The number of benzene rings is 1. The molecule has 1 N–H and O–H groups in total. The van der Waals surface area contributed by atoms with E-state index in [-0.39, 0.29) is 61.0 Å². The number of amides is 1. The lowest BCUT2D eigenvalue weighted by molar-refractivity contribution is -0.0856. The number of carbonyl (C=O) groups is 1. The largest absolute Gasteiger partial charge is 0.350 e. The molecular weight excluding hydrogens is 507 g/mol. The summed E-state index contributed by atoms with van der Waals surface area (Å²) < 4.78 is 53.6. The molecule has 1 saturated carbocycles. The van der Waals surface area contributed by atoms with E-state index in [1.54, 1.807) is 13.0 Å². The zero-order chi connectivity index (χ0) is 22.9. The Morgan fingerprint density at radius 2 is 1.69 bits per heavy atom. The molecule has 2 aliphatic rings. The Hall–Kier alpha value is -0.710. The molecule has 32 heavy (non-hydrogen) atoms. The highest BCUT2D eigenvalue weighted by molar-refractivity contribution is 7.89. The standard InChI is InChI=1S/C20H27Cl2F2N3O3S.ClH/c1-2-31(29,30)27-11-9-26(10-12-27)19(5-7-20(23,24)8-6-19)14-25-18(28)16-4-3-15(21)13-17(16)22;/h3-4,13H,2,5-12,14H2,1H3,(H,25,28);1H. The summed E-state index contributed by atoms with van der Waals surface area (Å²) in [6, 6.07) is 4.56. The molecule has 0 bridgehead atoms. The third-order valence-electron chi connectivity index (χ3n) is 6.33. The van der Waals surface area contributed by atoms with E-state index in [2.05, 4.69) is 10.2 Å². The second kappa shape index (κ2) is 10.7. The van der Waals surface area contributed by atoms with E-state index in [9.17, 15) is 22.0 Å². The number of alkyl halides is 2. The summed E-state index contributed by atoms with van der Waals surface area (Å²) in [5, 5.41) is 3.49. The van der Waals surface area contributed by atoms with E-state index in [1.165, 1.54) is 16.4 Å². The molecule has 1 saturated heterocycles. The predicted octanol–water partition coefficient (Wildman–Crippen LogP) is 4.06. The van der Waals surface area contributed by atoms with Crippen LogP contribution >= 0.6 is 35.6 Å². The molecule has 0 radical (unpaired) electrons. The Balaban J connectivity index is 0.00000363. The molecule has 6 nitrogen and oxygen atoms in total. The van der Waals surface area contributed by atoms with Crippen molar-refractivity contribution in [3.63, 3.8) is 0 Å². The average Bonchev–Trinajstić information content (AvgIpc) is 2.73. The number of nitrogens with one attached hydrogen (secondary N) is 1. The molecular formula is C20H28Cl3F2N3O3S. The molecule has 1 aromatic carbocycles. The number of halogens is 5. The fourth-order valence-electron chi connectivity index (χ4n) is 4.32. The van der Waals surface area contributed by atoms with Gasteiger partial charge in [0.05, 0.1) is 16.3 Å². The van der Waals surface area contributed by atoms with Crippen LogP contribution in [-0.2, 0) is 10.0 Å². The molecule has 1 amide bonds. The molecule has 0 unspecified atom stereocenters. The Bertz CT molecular complexity index is 916. The number of hydrogen-bond acceptors (Lipinski definition) is 4. The van der Waals surface area contributed by atoms with E-state index in [4.69, 9.17) is 23.2 Å². The average molecular weight is 535 g/mol. The van der Waals surface area contributed by atoms with Crippen LogP contribution in [0.15, 0.2) is 18.2 Å². The number of rotatable bonds is 6. The molecule has 2 fully saturated rings. The molecule has 1 aromatic rings. The van der Waals surface area contributed by atoms with Crippen molar-refractivity contribution in [3.8, 4) is 0 Å². The Morgan fingerprint density at radius 3 is 2.22 bits per heavy atom. The normalized spacial score (nSPS) is 21.5. The van der Waals surface area contributed by atoms with Gasteiger partial charge in [0.2, 0.25) is 15.9 Å². The highest BCUT2D eigenvalue weighted by atomic mass is 35.5. The maximum absolute atomic E-state index is 13.9. The van der Waals surface area contributed by atoms with Gasteiger partial charge < -0.3 is 5.32 Å². The second-order valence-corrected chi connectivity index (χ2v) is 11.3. The summed E-state index contributed by atoms with van der Waals surface area (Å²) in [4.78, 5) is 14.8. The summed E-state index contributed by atoms with van der Waals surface area (Å²) in [6.45, 7) is 3.27. The lowest BCUT2D eigenvalue weighted by atomic mass is 9.78. The van der Waals surface area contributed by atoms with Gasteiger partial charge in [-0.25, -0.2) is 17.2 Å². The maximum Gasteiger partial charge on any atom is 0.252 e. The van der Waals surface area contributed by atoms with Gasteiger partial charge in [0.15, 0.2) is 0 Å². The minimum atomic E-state index is -3.29. The fraction of sp³-hybridized carbons (Fsp3) is 0.650. The predicted molar refractivity (Wildman–Crippen MR) is 125 cm³/mol. The van der Waals surface area contributed by atoms with Gasteiger partial charge in [0, 0.05) is 56.1 Å². The van der Waals surface area contributed by atoms with Crippen LogP contribution < -0.4 is 5.32 Å². The first-order chi connectivity index (χ1) is 14.5. The monoisotopic (exact) mass is 533 g/mol. The first-order valence-corrected chi connectivity index (χ1v) is 12.7. The van der Waals surface area contributed by atoms with Crippen LogP contribution in [0.5, 0.6) is 0 Å². The zero-order valence-electron chi connectivity index (χ0n) is 17.8. The first kappa shape index (κ1) is 27.5. The third-order valence-corrected chi connectivity index (χ3v) is 8.76. The summed E-state index contributed by atoms with van der Waals surface area (Å²) >= 11 is 12.0. The van der Waals surface area contributed by atoms with E-state index in [0.717, 1.165) is 0 Å². The molecule has 1 heterocycles. The molecule has 12 heteroatoms. The van der Waals surface area contributed by atoms with Gasteiger partial charge in [-0.3, -0.25) is 9.69 Å². The van der Waals surface area contributed by atoms with Crippen molar-refractivity contribution >= 4 is 51.5 Å². The number of sulfonamides is 1. The van der Waals surface area contributed by atoms with E-state index in [1.807, 2.05) is 0 Å². The van der Waals surface area contributed by atoms with Gasteiger partial charge in [-0.2, -0.15) is 4.31 Å². The Labute approximate surface area is 204 Å². The summed E-state index contributed by atoms with van der Waals surface area (Å²) in [5.41, 5.74) is -0.389. The minimum Gasteiger partial charge on any atom is -0.350 e. The SMILES string of the molecule is CCS(=O)(=O)N1CCN(C2(CNC(=O)c3ccc(Cl)cc3Cl)CCC(F)(F)CC2)CC1.Cl. The van der Waals surface area contributed by atoms with Crippen LogP contribution in [0.1, 0.15) is 43.0 Å². The maximum atomic E-state index is 13.9. The number of hydrogen-bond donors (Lipinski definition) is 1. The molecule has 0 spiro atoms. The van der Waals surface area contributed by atoms with Crippen molar-refractivity contribution in [2.24, 2.45) is 0 Å². The summed E-state index contributed by atoms with van der Waals surface area (Å²) in [7, 11) is -3.29. The van der Waals surface area contributed by atoms with Crippen LogP contribution in [0.4, 0.5) is 8.78 Å². The van der Waals surface area contributed by atoms with Crippen molar-refractivity contribution < 1.29 is 22.0 Å². The molecule has 0 aromatic heterocycles. The quantitative estimate of drug-likeness (QED) is 0.598. The van der Waals surface area contributed by atoms with Crippen LogP contribution in [0, 0.1) is 0 Å². The van der Waals surface area contributed by atoms with Crippen molar-refractivity contribution in [3.05, 3.63) is 33.8 Å². The van der Waals surface area contributed by atoms with E-state index >= 15 is 0 Å². The molecule has 1 aliphatic heterocycles. The third kappa shape index (κ3) is 6.24. The number of carbonyl (C=O) groups excluding carboxylic acids is 1. The van der Waals surface area contributed by atoms with E-state index < -0.39 is 27.4 Å². The van der Waals surface area contributed by atoms with Crippen LogP contribution in [0.3, 0.4) is 0 Å². The fourth-order valence-corrected chi connectivity index (χ4v) is 5.90. The first-order valence-electron chi connectivity index (χ1n) is 10.3.